The second-order valence-electron chi connectivity index (χ2n) is 16.5. The highest BCUT2D eigenvalue weighted by Crippen LogP contribution is 2.56. The van der Waals surface area contributed by atoms with Gasteiger partial charge in [0, 0.05) is 16.4 Å². The summed E-state index contributed by atoms with van der Waals surface area (Å²) < 4.78 is 7.03. The van der Waals surface area contributed by atoms with Crippen molar-refractivity contribution in [1.82, 2.24) is 0 Å². The van der Waals surface area contributed by atoms with Gasteiger partial charge in [0.15, 0.2) is 11.5 Å². The van der Waals surface area contributed by atoms with Crippen LogP contribution in [0.15, 0.2) is 176 Å². The van der Waals surface area contributed by atoms with Crippen LogP contribution in [-0.2, 0) is 10.8 Å². The number of rotatable bonds is 4. The van der Waals surface area contributed by atoms with E-state index >= 15 is 0 Å². The van der Waals surface area contributed by atoms with Crippen LogP contribution in [0.5, 0.6) is 11.5 Å². The number of fused-ring (bicyclic) bond motifs is 8. The van der Waals surface area contributed by atoms with Crippen molar-refractivity contribution >= 4 is 17.1 Å². The number of ether oxygens (including phenoxy) is 1. The molecule has 1 aliphatic heterocycles. The lowest BCUT2D eigenvalue weighted by atomic mass is 9.81. The van der Waals surface area contributed by atoms with Gasteiger partial charge in [0.2, 0.25) is 0 Å². The molecule has 0 N–H and O–H groups in total. The average molecular weight is 720 g/mol. The molecule has 0 aromatic heterocycles. The van der Waals surface area contributed by atoms with Crippen molar-refractivity contribution in [3.8, 4) is 67.1 Å². The molecule has 0 radical (unpaired) electrons. The molecule has 268 valence electrons. The molecule has 8 aromatic rings. The van der Waals surface area contributed by atoms with Gasteiger partial charge in [0.1, 0.15) is 0 Å². The van der Waals surface area contributed by atoms with E-state index in [9.17, 15) is 0 Å². The monoisotopic (exact) mass is 719 g/mol. The zero-order valence-corrected chi connectivity index (χ0v) is 32.1. The highest BCUT2D eigenvalue weighted by Gasteiger charge is 2.37. The van der Waals surface area contributed by atoms with E-state index in [4.69, 9.17) is 4.74 Å². The maximum absolute atomic E-state index is 7.03. The Labute approximate surface area is 329 Å². The zero-order valence-electron chi connectivity index (χ0n) is 32.1. The molecular weight excluding hydrogens is 679 g/mol. The molecule has 2 aliphatic carbocycles. The fourth-order valence-electron chi connectivity index (χ4n) is 9.73. The second kappa shape index (κ2) is 11.9. The highest BCUT2D eigenvalue weighted by atomic mass is 16.5. The maximum Gasteiger partial charge on any atom is 0.152 e. The number of hydrogen-bond acceptors (Lipinski definition) is 2. The zero-order chi connectivity index (χ0) is 37.8. The van der Waals surface area contributed by atoms with Crippen LogP contribution in [-0.4, -0.2) is 0 Å². The van der Waals surface area contributed by atoms with E-state index in [1.807, 2.05) is 0 Å². The molecular formula is C54H41NO. The van der Waals surface area contributed by atoms with Gasteiger partial charge in [-0.25, -0.2) is 0 Å². The van der Waals surface area contributed by atoms with Crippen molar-refractivity contribution in [1.29, 1.82) is 0 Å². The summed E-state index contributed by atoms with van der Waals surface area (Å²) in [5, 5.41) is 0. The van der Waals surface area contributed by atoms with Crippen LogP contribution in [0.2, 0.25) is 0 Å². The van der Waals surface area contributed by atoms with Crippen LogP contribution in [0, 0.1) is 0 Å². The lowest BCUT2D eigenvalue weighted by molar-refractivity contribution is 0.477. The first kappa shape index (κ1) is 32.8. The second-order valence-corrected chi connectivity index (χ2v) is 16.5. The van der Waals surface area contributed by atoms with Gasteiger partial charge in [-0.2, -0.15) is 0 Å². The Hall–Kier alpha value is -6.64. The standard InChI is InChI=1S/C54H41NO/c1-53(2)44-19-11-8-17-40(44)42-26-22-35(30-46(42)53)37-24-28-49-51(32-37)56-52-33-38(36-23-27-43-41-18-9-12-20-45(41)54(3,4)47(43)31-36)25-29-50(52)55(49)48-21-13-10-16-39(48)34-14-6-5-7-15-34/h5-33H,1-4H3. The largest absolute Gasteiger partial charge is 0.453 e. The normalized spacial score (nSPS) is 14.8. The number of nitrogens with zero attached hydrogens (tertiary/aromatic N) is 1. The fraction of sp³-hybridized carbons (Fsp3) is 0.111. The molecule has 0 spiro atoms. The van der Waals surface area contributed by atoms with Gasteiger partial charge in [0.25, 0.3) is 0 Å². The number of hydrogen-bond donors (Lipinski definition) is 0. The number of anilines is 3. The molecule has 1 heterocycles. The minimum Gasteiger partial charge on any atom is -0.453 e. The van der Waals surface area contributed by atoms with Gasteiger partial charge < -0.3 is 9.64 Å². The van der Waals surface area contributed by atoms with Crippen LogP contribution < -0.4 is 9.64 Å². The molecule has 0 atom stereocenters. The Bertz CT molecular complexity index is 2740. The van der Waals surface area contributed by atoms with Crippen molar-refractivity contribution < 1.29 is 4.74 Å². The van der Waals surface area contributed by atoms with Crippen LogP contribution in [0.25, 0.3) is 55.6 Å². The van der Waals surface area contributed by atoms with Gasteiger partial charge >= 0.3 is 0 Å². The molecule has 0 saturated carbocycles. The Balaban J connectivity index is 1.05. The van der Waals surface area contributed by atoms with Gasteiger partial charge in [-0.05, 0) is 115 Å². The van der Waals surface area contributed by atoms with E-state index in [0.717, 1.165) is 39.7 Å². The first-order valence-electron chi connectivity index (χ1n) is 19.7. The predicted octanol–water partition coefficient (Wildman–Crippen LogP) is 14.9. The quantitative estimate of drug-likeness (QED) is 0.180. The Morgan fingerprint density at radius 2 is 0.732 bits per heavy atom. The summed E-state index contributed by atoms with van der Waals surface area (Å²) in [5.74, 6) is 1.67. The van der Waals surface area contributed by atoms with E-state index in [1.165, 1.54) is 66.8 Å². The number of para-hydroxylation sites is 1. The lowest BCUT2D eigenvalue weighted by Crippen LogP contribution is -2.17. The molecule has 56 heavy (non-hydrogen) atoms. The Morgan fingerprint density at radius 1 is 0.321 bits per heavy atom. The van der Waals surface area contributed by atoms with E-state index in [-0.39, 0.29) is 10.8 Å². The molecule has 0 fully saturated rings. The first-order chi connectivity index (χ1) is 27.3. The minimum absolute atomic E-state index is 0.0739. The summed E-state index contributed by atoms with van der Waals surface area (Å²) in [4.78, 5) is 2.38. The molecule has 0 unspecified atom stereocenters. The van der Waals surface area contributed by atoms with Gasteiger partial charge in [-0.3, -0.25) is 0 Å². The summed E-state index contributed by atoms with van der Waals surface area (Å²) in [6.07, 6.45) is 0. The van der Waals surface area contributed by atoms with Crippen molar-refractivity contribution in [3.05, 3.63) is 198 Å². The summed E-state index contributed by atoms with van der Waals surface area (Å²) in [7, 11) is 0. The van der Waals surface area contributed by atoms with Crippen molar-refractivity contribution in [3.63, 3.8) is 0 Å². The summed E-state index contributed by atoms with van der Waals surface area (Å²) >= 11 is 0. The molecule has 11 rings (SSSR count). The third-order valence-corrected chi connectivity index (χ3v) is 12.7. The van der Waals surface area contributed by atoms with Crippen molar-refractivity contribution in [2.24, 2.45) is 0 Å². The summed E-state index contributed by atoms with van der Waals surface area (Å²) in [6.45, 7) is 9.37. The lowest BCUT2D eigenvalue weighted by Gasteiger charge is -2.34. The molecule has 2 heteroatoms. The molecule has 0 saturated heterocycles. The predicted molar refractivity (Wildman–Crippen MR) is 233 cm³/mol. The van der Waals surface area contributed by atoms with Crippen LogP contribution in [0.3, 0.4) is 0 Å². The molecule has 0 bridgehead atoms. The third kappa shape index (κ3) is 4.75. The van der Waals surface area contributed by atoms with Crippen LogP contribution in [0.1, 0.15) is 49.9 Å². The van der Waals surface area contributed by atoms with Crippen LogP contribution >= 0.6 is 0 Å². The van der Waals surface area contributed by atoms with Crippen LogP contribution in [0.4, 0.5) is 17.1 Å². The summed E-state index contributed by atoms with van der Waals surface area (Å²) in [6, 6.07) is 64.4. The first-order valence-corrected chi connectivity index (χ1v) is 19.7. The number of benzene rings is 8. The molecule has 8 aromatic carbocycles. The highest BCUT2D eigenvalue weighted by molar-refractivity contribution is 5.95. The van der Waals surface area contributed by atoms with Gasteiger partial charge in [0.05, 0.1) is 17.1 Å². The Kier molecular flexibility index (Phi) is 6.98. The van der Waals surface area contributed by atoms with Crippen molar-refractivity contribution in [2.45, 2.75) is 38.5 Å². The average Bonchev–Trinajstić information content (AvgIpc) is 3.61. The van der Waals surface area contributed by atoms with Crippen molar-refractivity contribution in [2.75, 3.05) is 4.90 Å². The van der Waals surface area contributed by atoms with E-state index in [2.05, 4.69) is 209 Å². The fourth-order valence-corrected chi connectivity index (χ4v) is 9.73. The molecule has 2 nitrogen and oxygen atoms in total. The third-order valence-electron chi connectivity index (χ3n) is 12.7. The Morgan fingerprint density at radius 3 is 1.27 bits per heavy atom. The molecule has 0 amide bonds. The van der Waals surface area contributed by atoms with E-state index in [0.29, 0.717) is 0 Å². The summed E-state index contributed by atoms with van der Waals surface area (Å²) in [5.41, 5.74) is 20.8. The van der Waals surface area contributed by atoms with Gasteiger partial charge in [-0.1, -0.05) is 161 Å². The topological polar surface area (TPSA) is 12.5 Å². The van der Waals surface area contributed by atoms with E-state index in [1.54, 1.807) is 0 Å². The maximum atomic E-state index is 7.03. The van der Waals surface area contributed by atoms with E-state index < -0.39 is 0 Å². The SMILES string of the molecule is CC1(C)c2ccccc2-c2ccc(-c3ccc4c(c3)Oc3cc(-c5ccc6c(c5)C(C)(C)c5ccccc5-6)ccc3N4c3ccccc3-c3ccccc3)cc21. The van der Waals surface area contributed by atoms with Gasteiger partial charge in [-0.15, -0.1) is 0 Å². The molecule has 3 aliphatic rings. The smallest absolute Gasteiger partial charge is 0.152 e. The minimum atomic E-state index is -0.0739.